The van der Waals surface area contributed by atoms with E-state index in [1.807, 2.05) is 7.05 Å². The number of thiophene rings is 1. The van der Waals surface area contributed by atoms with Crippen molar-refractivity contribution in [3.63, 3.8) is 0 Å². The van der Waals surface area contributed by atoms with E-state index >= 15 is 0 Å². The molecule has 2 N–H and O–H groups in total. The van der Waals surface area contributed by atoms with Crippen LogP contribution in [0.1, 0.15) is 4.88 Å². The number of rotatable bonds is 6. The van der Waals surface area contributed by atoms with E-state index < -0.39 is 10.0 Å². The van der Waals surface area contributed by atoms with Crippen molar-refractivity contribution in [3.8, 4) is 5.75 Å². The molecule has 0 unspecified atom stereocenters. The topological polar surface area (TPSA) is 67.4 Å². The maximum atomic E-state index is 12.4. The van der Waals surface area contributed by atoms with Crippen molar-refractivity contribution in [2.45, 2.75) is 10.8 Å². The molecule has 1 aromatic heterocycles. The third-order valence-corrected chi connectivity index (χ3v) is 6.09. The molecule has 0 saturated heterocycles. The summed E-state index contributed by atoms with van der Waals surface area (Å²) in [6.07, 6.45) is 0. The van der Waals surface area contributed by atoms with Gasteiger partial charge in [-0.3, -0.25) is 4.72 Å². The van der Waals surface area contributed by atoms with Gasteiger partial charge in [0.15, 0.2) is 0 Å². The second-order valence-electron chi connectivity index (χ2n) is 4.20. The summed E-state index contributed by atoms with van der Waals surface area (Å²) >= 11 is 4.55. The summed E-state index contributed by atoms with van der Waals surface area (Å²) < 4.78 is 33.6. The minimum atomic E-state index is -3.62. The maximum Gasteiger partial charge on any atom is 0.271 e. The van der Waals surface area contributed by atoms with Crippen molar-refractivity contribution in [1.29, 1.82) is 0 Å². The van der Waals surface area contributed by atoms with Crippen molar-refractivity contribution in [2.75, 3.05) is 18.9 Å². The molecule has 0 amide bonds. The lowest BCUT2D eigenvalue weighted by Crippen LogP contribution is -2.12. The highest BCUT2D eigenvalue weighted by Gasteiger charge is 2.19. The van der Waals surface area contributed by atoms with Crippen LogP contribution in [0.3, 0.4) is 0 Å². The highest BCUT2D eigenvalue weighted by atomic mass is 79.9. The van der Waals surface area contributed by atoms with Crippen LogP contribution in [-0.4, -0.2) is 22.6 Å². The normalized spacial score (nSPS) is 11.4. The summed E-state index contributed by atoms with van der Waals surface area (Å²) in [5, 5.41) is 2.99. The Bertz CT molecular complexity index is 729. The first kappa shape index (κ1) is 16.3. The van der Waals surface area contributed by atoms with Gasteiger partial charge in [-0.05, 0) is 37.4 Å². The Labute approximate surface area is 136 Å². The van der Waals surface area contributed by atoms with Gasteiger partial charge in [-0.2, -0.15) is 0 Å². The Kier molecular flexibility index (Phi) is 5.26. The number of ether oxygens (including phenoxy) is 1. The van der Waals surface area contributed by atoms with Crippen molar-refractivity contribution in [1.82, 2.24) is 5.32 Å². The summed E-state index contributed by atoms with van der Waals surface area (Å²) in [6.45, 7) is 0.639. The summed E-state index contributed by atoms with van der Waals surface area (Å²) in [4.78, 5) is 0.957. The van der Waals surface area contributed by atoms with Crippen LogP contribution in [0.4, 0.5) is 5.69 Å². The molecule has 5 nitrogen and oxygen atoms in total. The van der Waals surface area contributed by atoms with E-state index in [-0.39, 0.29) is 4.21 Å². The number of benzene rings is 1. The van der Waals surface area contributed by atoms with Crippen LogP contribution in [0, 0.1) is 0 Å². The molecule has 1 heterocycles. The number of hydrogen-bond donors (Lipinski definition) is 2. The summed E-state index contributed by atoms with van der Waals surface area (Å²) in [5.41, 5.74) is 0.399. The fourth-order valence-corrected chi connectivity index (χ4v) is 4.52. The second-order valence-corrected chi connectivity index (χ2v) is 8.19. The summed E-state index contributed by atoms with van der Waals surface area (Å²) in [7, 11) is -0.305. The van der Waals surface area contributed by atoms with E-state index in [2.05, 4.69) is 26.0 Å². The number of methoxy groups -OCH3 is 1. The minimum absolute atomic E-state index is 0.273. The molecule has 0 fully saturated rings. The predicted octanol–water partition coefficient (Wildman–Crippen LogP) is 3.04. The van der Waals surface area contributed by atoms with Crippen LogP contribution in [0.25, 0.3) is 0 Å². The van der Waals surface area contributed by atoms with Crippen molar-refractivity contribution in [3.05, 3.63) is 39.7 Å². The number of anilines is 1. The molecule has 0 aliphatic carbocycles. The quantitative estimate of drug-likeness (QED) is 0.795. The van der Waals surface area contributed by atoms with E-state index in [1.165, 1.54) is 18.4 Å². The highest BCUT2D eigenvalue weighted by Crippen LogP contribution is 2.31. The Morgan fingerprint density at radius 1 is 1.29 bits per heavy atom. The predicted molar refractivity (Wildman–Crippen MR) is 88.6 cm³/mol. The summed E-state index contributed by atoms with van der Waals surface area (Å²) in [6, 6.07) is 8.55. The smallest absolute Gasteiger partial charge is 0.271 e. The largest absolute Gasteiger partial charge is 0.495 e. The van der Waals surface area contributed by atoms with Crippen LogP contribution in [-0.2, 0) is 16.6 Å². The second kappa shape index (κ2) is 6.78. The lowest BCUT2D eigenvalue weighted by Gasteiger charge is -2.11. The number of sulfonamides is 1. The van der Waals surface area contributed by atoms with Gasteiger partial charge >= 0.3 is 0 Å². The van der Waals surface area contributed by atoms with Crippen LogP contribution in [0.15, 0.2) is 39.0 Å². The van der Waals surface area contributed by atoms with E-state index in [4.69, 9.17) is 4.74 Å². The van der Waals surface area contributed by atoms with Crippen molar-refractivity contribution >= 4 is 43.0 Å². The van der Waals surface area contributed by atoms with Crippen molar-refractivity contribution in [2.24, 2.45) is 0 Å². The molecule has 8 heteroatoms. The van der Waals surface area contributed by atoms with Gasteiger partial charge in [-0.25, -0.2) is 8.42 Å². The molecule has 1 aromatic carbocycles. The van der Waals surface area contributed by atoms with Gasteiger partial charge < -0.3 is 10.1 Å². The van der Waals surface area contributed by atoms with Crippen LogP contribution in [0.5, 0.6) is 5.75 Å². The van der Waals surface area contributed by atoms with Gasteiger partial charge in [0.05, 0.1) is 12.8 Å². The van der Waals surface area contributed by atoms with Crippen LogP contribution in [0.2, 0.25) is 0 Å². The first-order valence-corrected chi connectivity index (χ1v) is 9.15. The zero-order chi connectivity index (χ0) is 15.5. The molecule has 0 bridgehead atoms. The molecule has 0 aliphatic heterocycles. The Morgan fingerprint density at radius 3 is 2.71 bits per heavy atom. The molecular formula is C13H15BrN2O3S2. The van der Waals surface area contributed by atoms with Gasteiger partial charge in [0.1, 0.15) is 9.96 Å². The van der Waals surface area contributed by atoms with Crippen LogP contribution >= 0.6 is 27.3 Å². The Morgan fingerprint density at radius 2 is 2.05 bits per heavy atom. The third-order valence-electron chi connectivity index (χ3n) is 2.66. The van der Waals surface area contributed by atoms with Gasteiger partial charge in [0.2, 0.25) is 0 Å². The standard InChI is InChI=1S/C13H15BrN2O3S2/c1-15-8-10-4-6-13(20-10)21(17,18)16-11-7-9(14)3-5-12(11)19-2/h3-7,15-16H,8H2,1-2H3. The average molecular weight is 391 g/mol. The SMILES string of the molecule is CNCc1ccc(S(=O)(=O)Nc2cc(Br)ccc2OC)s1. The first-order valence-electron chi connectivity index (χ1n) is 6.06. The monoisotopic (exact) mass is 390 g/mol. The Balaban J connectivity index is 2.30. The number of halogens is 1. The number of hydrogen-bond acceptors (Lipinski definition) is 5. The zero-order valence-electron chi connectivity index (χ0n) is 11.5. The van der Waals surface area contributed by atoms with Gasteiger partial charge in [0.25, 0.3) is 10.0 Å². The van der Waals surface area contributed by atoms with E-state index in [0.29, 0.717) is 18.0 Å². The van der Waals surface area contributed by atoms with Gasteiger partial charge in [-0.15, -0.1) is 11.3 Å². The Hall–Kier alpha value is -1.09. The molecule has 0 atom stereocenters. The highest BCUT2D eigenvalue weighted by molar-refractivity contribution is 9.10. The molecule has 0 spiro atoms. The fourth-order valence-electron chi connectivity index (χ4n) is 1.73. The third kappa shape index (κ3) is 3.97. The molecule has 0 saturated carbocycles. The maximum absolute atomic E-state index is 12.4. The van der Waals surface area contributed by atoms with E-state index in [0.717, 1.165) is 9.35 Å². The first-order chi connectivity index (χ1) is 9.96. The molecular weight excluding hydrogens is 376 g/mol. The molecule has 21 heavy (non-hydrogen) atoms. The minimum Gasteiger partial charge on any atom is -0.495 e. The lowest BCUT2D eigenvalue weighted by atomic mass is 10.3. The molecule has 0 aliphatic rings. The molecule has 2 rings (SSSR count). The van der Waals surface area contributed by atoms with Crippen LogP contribution < -0.4 is 14.8 Å². The van der Waals surface area contributed by atoms with Crippen molar-refractivity contribution < 1.29 is 13.2 Å². The number of nitrogens with one attached hydrogen (secondary N) is 2. The van der Waals surface area contributed by atoms with Gasteiger partial charge in [0, 0.05) is 15.9 Å². The average Bonchev–Trinajstić information content (AvgIpc) is 2.88. The van der Waals surface area contributed by atoms with Gasteiger partial charge in [-0.1, -0.05) is 15.9 Å². The zero-order valence-corrected chi connectivity index (χ0v) is 14.7. The summed E-state index contributed by atoms with van der Waals surface area (Å²) in [5.74, 6) is 0.466. The lowest BCUT2D eigenvalue weighted by molar-refractivity contribution is 0.417. The molecule has 114 valence electrons. The fraction of sp³-hybridized carbons (Fsp3) is 0.231. The molecule has 0 radical (unpaired) electrons. The molecule has 2 aromatic rings. The van der Waals surface area contributed by atoms with E-state index in [9.17, 15) is 8.42 Å². The van der Waals surface area contributed by atoms with E-state index in [1.54, 1.807) is 30.3 Å².